The van der Waals surface area contributed by atoms with Crippen LogP contribution in [0.5, 0.6) is 5.75 Å². The first kappa shape index (κ1) is 17.1. The number of aliphatic imine (C=N–C) groups is 1. The van der Waals surface area contributed by atoms with Crippen LogP contribution < -0.4 is 10.1 Å². The average Bonchev–Trinajstić information content (AvgIpc) is 3.11. The van der Waals surface area contributed by atoms with Crippen molar-refractivity contribution in [3.8, 4) is 5.75 Å². The fourth-order valence-corrected chi connectivity index (χ4v) is 3.21. The lowest BCUT2D eigenvalue weighted by Gasteiger charge is -2.21. The number of amides is 1. The maximum absolute atomic E-state index is 12.5. The molecule has 0 saturated carbocycles. The minimum Gasteiger partial charge on any atom is -0.497 e. The lowest BCUT2D eigenvalue weighted by molar-refractivity contribution is 0.102. The summed E-state index contributed by atoms with van der Waals surface area (Å²) in [7, 11) is 1.60. The molecule has 0 fully saturated rings. The van der Waals surface area contributed by atoms with Crippen molar-refractivity contribution in [1.82, 2.24) is 4.90 Å². The number of rotatable bonds is 4. The third kappa shape index (κ3) is 3.62. The lowest BCUT2D eigenvalue weighted by atomic mass is 10.1. The number of fused-ring (bicyclic) bond motifs is 1. The van der Waals surface area contributed by atoms with E-state index in [2.05, 4.69) is 35.5 Å². The first-order chi connectivity index (χ1) is 13.1. The molecular weight excluding hydrogens is 338 g/mol. The molecule has 27 heavy (non-hydrogen) atoms. The zero-order valence-electron chi connectivity index (χ0n) is 15.3. The molecule has 0 aromatic heterocycles. The normalized spacial score (nSPS) is 17.9. The van der Waals surface area contributed by atoms with Crippen molar-refractivity contribution in [3.05, 3.63) is 83.6 Å². The van der Waals surface area contributed by atoms with Gasteiger partial charge < -0.3 is 15.0 Å². The Morgan fingerprint density at radius 2 is 2.04 bits per heavy atom. The van der Waals surface area contributed by atoms with Gasteiger partial charge in [-0.2, -0.15) is 0 Å². The van der Waals surface area contributed by atoms with E-state index >= 15 is 0 Å². The number of methoxy groups -OCH3 is 1. The maximum Gasteiger partial charge on any atom is 0.255 e. The van der Waals surface area contributed by atoms with Gasteiger partial charge in [0.05, 0.1) is 19.4 Å². The Hall–Kier alpha value is -3.34. The van der Waals surface area contributed by atoms with E-state index in [4.69, 9.17) is 9.73 Å². The number of carbonyl (C=O) groups is 1. The van der Waals surface area contributed by atoms with Crippen LogP contribution in [0.2, 0.25) is 0 Å². The van der Waals surface area contributed by atoms with Crippen molar-refractivity contribution < 1.29 is 9.53 Å². The van der Waals surface area contributed by atoms with Crippen molar-refractivity contribution in [3.63, 3.8) is 0 Å². The first-order valence-corrected chi connectivity index (χ1v) is 8.87. The van der Waals surface area contributed by atoms with Gasteiger partial charge in [-0.1, -0.05) is 12.1 Å². The highest BCUT2D eigenvalue weighted by Gasteiger charge is 2.24. The Balaban J connectivity index is 1.50. The smallest absolute Gasteiger partial charge is 0.255 e. The van der Waals surface area contributed by atoms with E-state index in [0.29, 0.717) is 5.56 Å². The number of benzene rings is 2. The van der Waals surface area contributed by atoms with Gasteiger partial charge in [0.15, 0.2) is 0 Å². The summed E-state index contributed by atoms with van der Waals surface area (Å²) in [4.78, 5) is 19.5. The molecule has 1 N–H and O–H groups in total. The topological polar surface area (TPSA) is 53.9 Å². The molecule has 0 radical (unpaired) electrons. The second-order valence-electron chi connectivity index (χ2n) is 6.65. The van der Waals surface area contributed by atoms with Gasteiger partial charge in [-0.25, -0.2) is 0 Å². The number of carbonyl (C=O) groups excluding carboxylic acids is 1. The molecule has 2 aliphatic heterocycles. The molecule has 0 spiro atoms. The minimum atomic E-state index is -0.151. The molecule has 2 heterocycles. The fourth-order valence-electron chi connectivity index (χ4n) is 3.21. The SMILES string of the molecule is COc1ccc(C(=O)Nc2cccc(C3=NC4C=C(C)C=CN4C3)c2)cc1. The van der Waals surface area contributed by atoms with Crippen LogP contribution in [-0.4, -0.2) is 36.3 Å². The predicted octanol–water partition coefficient (Wildman–Crippen LogP) is 3.85. The van der Waals surface area contributed by atoms with E-state index in [1.54, 1.807) is 31.4 Å². The molecule has 1 atom stereocenters. The number of nitrogens with one attached hydrogen (secondary N) is 1. The van der Waals surface area contributed by atoms with E-state index in [-0.39, 0.29) is 12.1 Å². The highest BCUT2D eigenvalue weighted by atomic mass is 16.5. The lowest BCUT2D eigenvalue weighted by Crippen LogP contribution is -2.26. The number of hydrogen-bond acceptors (Lipinski definition) is 4. The summed E-state index contributed by atoms with van der Waals surface area (Å²) in [5.74, 6) is 0.574. The van der Waals surface area contributed by atoms with Gasteiger partial charge in [-0.05, 0) is 66.6 Å². The van der Waals surface area contributed by atoms with Crippen LogP contribution in [0.1, 0.15) is 22.8 Å². The van der Waals surface area contributed by atoms with Crippen molar-refractivity contribution in [1.29, 1.82) is 0 Å². The molecule has 1 amide bonds. The van der Waals surface area contributed by atoms with Crippen LogP contribution in [-0.2, 0) is 0 Å². The summed E-state index contributed by atoms with van der Waals surface area (Å²) in [6, 6.07) is 14.9. The van der Waals surface area contributed by atoms with Crippen LogP contribution in [0, 0.1) is 0 Å². The fraction of sp³-hybridized carbons (Fsp3) is 0.182. The van der Waals surface area contributed by atoms with Crippen LogP contribution in [0.25, 0.3) is 0 Å². The summed E-state index contributed by atoms with van der Waals surface area (Å²) in [5.41, 5.74) is 4.61. The van der Waals surface area contributed by atoms with Gasteiger partial charge in [0.2, 0.25) is 0 Å². The van der Waals surface area contributed by atoms with Gasteiger partial charge in [0.25, 0.3) is 5.91 Å². The Kier molecular flexibility index (Phi) is 4.50. The van der Waals surface area contributed by atoms with Gasteiger partial charge in [0, 0.05) is 17.5 Å². The summed E-state index contributed by atoms with van der Waals surface area (Å²) in [6.07, 6.45) is 6.41. The third-order valence-corrected chi connectivity index (χ3v) is 4.71. The molecule has 0 saturated heterocycles. The Morgan fingerprint density at radius 3 is 2.81 bits per heavy atom. The van der Waals surface area contributed by atoms with Crippen LogP contribution in [0.3, 0.4) is 0 Å². The molecular formula is C22H21N3O2. The standard InChI is InChI=1S/C22H21N3O2/c1-15-10-11-25-14-20(24-21(25)12-15)17-4-3-5-18(13-17)23-22(26)16-6-8-19(27-2)9-7-16/h3-13,21H,14H2,1-2H3,(H,23,26). The van der Waals surface area contributed by atoms with Gasteiger partial charge in [-0.3, -0.25) is 9.79 Å². The van der Waals surface area contributed by atoms with Gasteiger partial charge >= 0.3 is 0 Å². The van der Waals surface area contributed by atoms with E-state index in [1.807, 2.05) is 24.3 Å². The zero-order valence-corrected chi connectivity index (χ0v) is 15.3. The summed E-state index contributed by atoms with van der Waals surface area (Å²) in [5, 5.41) is 2.96. The summed E-state index contributed by atoms with van der Waals surface area (Å²) < 4.78 is 5.13. The molecule has 2 aromatic rings. The van der Waals surface area contributed by atoms with Gasteiger partial charge in [-0.15, -0.1) is 0 Å². The Morgan fingerprint density at radius 1 is 1.22 bits per heavy atom. The first-order valence-electron chi connectivity index (χ1n) is 8.87. The molecule has 2 aliphatic rings. The zero-order chi connectivity index (χ0) is 18.8. The van der Waals surface area contributed by atoms with Crippen molar-refractivity contribution in [2.24, 2.45) is 4.99 Å². The van der Waals surface area contributed by atoms with E-state index in [0.717, 1.165) is 29.3 Å². The molecule has 5 heteroatoms. The Bertz CT molecular complexity index is 958. The highest BCUT2D eigenvalue weighted by Crippen LogP contribution is 2.23. The number of nitrogens with zero attached hydrogens (tertiary/aromatic N) is 2. The monoisotopic (exact) mass is 359 g/mol. The van der Waals surface area contributed by atoms with Crippen LogP contribution in [0.15, 0.2) is 77.4 Å². The molecule has 1 unspecified atom stereocenters. The number of hydrogen-bond donors (Lipinski definition) is 1. The molecule has 2 aromatic carbocycles. The second-order valence-corrected chi connectivity index (χ2v) is 6.65. The average molecular weight is 359 g/mol. The van der Waals surface area contributed by atoms with E-state index in [1.165, 1.54) is 5.57 Å². The van der Waals surface area contributed by atoms with Crippen molar-refractivity contribution >= 4 is 17.3 Å². The highest BCUT2D eigenvalue weighted by molar-refractivity contribution is 6.07. The molecule has 136 valence electrons. The largest absolute Gasteiger partial charge is 0.497 e. The van der Waals surface area contributed by atoms with Crippen LogP contribution in [0.4, 0.5) is 5.69 Å². The maximum atomic E-state index is 12.5. The van der Waals surface area contributed by atoms with Crippen molar-refractivity contribution in [2.45, 2.75) is 13.1 Å². The third-order valence-electron chi connectivity index (χ3n) is 4.71. The quantitative estimate of drug-likeness (QED) is 0.902. The number of ether oxygens (including phenoxy) is 1. The van der Waals surface area contributed by atoms with Gasteiger partial charge in [0.1, 0.15) is 11.9 Å². The predicted molar refractivity (Wildman–Crippen MR) is 107 cm³/mol. The number of allylic oxidation sites excluding steroid dienone is 2. The molecule has 4 rings (SSSR count). The molecule has 0 aliphatic carbocycles. The van der Waals surface area contributed by atoms with E-state index < -0.39 is 0 Å². The van der Waals surface area contributed by atoms with E-state index in [9.17, 15) is 4.79 Å². The molecule has 5 nitrogen and oxygen atoms in total. The number of anilines is 1. The Labute approximate surface area is 158 Å². The molecule has 0 bridgehead atoms. The summed E-state index contributed by atoms with van der Waals surface area (Å²) >= 11 is 0. The van der Waals surface area contributed by atoms with Crippen molar-refractivity contribution in [2.75, 3.05) is 19.0 Å². The summed E-state index contributed by atoms with van der Waals surface area (Å²) in [6.45, 7) is 2.84. The van der Waals surface area contributed by atoms with Crippen LogP contribution >= 0.6 is 0 Å². The second kappa shape index (κ2) is 7.11. The minimum absolute atomic E-state index is 0.0718.